The molecule has 0 fully saturated rings. The molecule has 3 N–H and O–H groups in total. The topological polar surface area (TPSA) is 134 Å². The van der Waals surface area contributed by atoms with Crippen LogP contribution < -0.4 is 5.73 Å². The maximum absolute atomic E-state index is 12.8. The predicted molar refractivity (Wildman–Crippen MR) is 413 cm³/mol. The van der Waals surface area contributed by atoms with Gasteiger partial charge < -0.3 is 20.1 Å². The van der Waals surface area contributed by atoms with Crippen molar-refractivity contribution in [2.75, 3.05) is 26.4 Å². The number of hydrogen-bond donors (Lipinski definition) is 2. The summed E-state index contributed by atoms with van der Waals surface area (Å²) in [6.07, 6.45) is 111. The highest BCUT2D eigenvalue weighted by molar-refractivity contribution is 7.47. The molecule has 0 aliphatic carbocycles. The molecule has 0 saturated heterocycles. The number of phosphoric acid groups is 1. The van der Waals surface area contributed by atoms with Crippen LogP contribution in [0, 0.1) is 0 Å². The summed E-state index contributed by atoms with van der Waals surface area (Å²) in [6, 6.07) is 0. The first kappa shape index (κ1) is 91.7. The molecule has 550 valence electrons. The molecule has 0 aromatic rings. The van der Waals surface area contributed by atoms with E-state index < -0.39 is 26.5 Å². The van der Waals surface area contributed by atoms with Crippen LogP contribution in [-0.2, 0) is 32.7 Å². The van der Waals surface area contributed by atoms with Gasteiger partial charge in [0.15, 0.2) is 6.10 Å². The van der Waals surface area contributed by atoms with E-state index in [9.17, 15) is 19.0 Å². The fourth-order valence-electron chi connectivity index (χ4n) is 11.7. The number of carbonyl (C=O) groups excluding carboxylic acids is 2. The number of rotatable bonds is 76. The highest BCUT2D eigenvalue weighted by atomic mass is 31.2. The summed E-state index contributed by atoms with van der Waals surface area (Å²) in [5.41, 5.74) is 5.42. The van der Waals surface area contributed by atoms with Crippen LogP contribution in [0.15, 0.2) is 109 Å². The Balaban J connectivity index is 3.80. The number of esters is 2. The summed E-state index contributed by atoms with van der Waals surface area (Å²) in [5, 5.41) is 0. The molecule has 0 aliphatic rings. The molecule has 0 saturated carbocycles. The Kier molecular flexibility index (Phi) is 76.9. The van der Waals surface area contributed by atoms with Gasteiger partial charge in [-0.3, -0.25) is 18.6 Å². The van der Waals surface area contributed by atoms with Crippen molar-refractivity contribution in [3.63, 3.8) is 0 Å². The predicted octanol–water partition coefficient (Wildman–Crippen LogP) is 27.2. The van der Waals surface area contributed by atoms with Crippen LogP contribution in [0.1, 0.15) is 386 Å². The Morgan fingerprint density at radius 2 is 0.579 bits per heavy atom. The maximum Gasteiger partial charge on any atom is 0.472 e. The average molecular weight is 1350 g/mol. The van der Waals surface area contributed by atoms with Crippen molar-refractivity contribution < 1.29 is 37.6 Å². The second-order valence-corrected chi connectivity index (χ2v) is 28.4. The van der Waals surface area contributed by atoms with Crippen LogP contribution in [0.5, 0.6) is 0 Å². The van der Waals surface area contributed by atoms with Crippen molar-refractivity contribution in [3.05, 3.63) is 109 Å². The van der Waals surface area contributed by atoms with E-state index in [1.807, 2.05) is 0 Å². The van der Waals surface area contributed by atoms with Crippen molar-refractivity contribution >= 4 is 19.8 Å². The molecule has 0 amide bonds. The van der Waals surface area contributed by atoms with Crippen molar-refractivity contribution in [1.82, 2.24) is 0 Å². The summed E-state index contributed by atoms with van der Waals surface area (Å²) in [4.78, 5) is 35.5. The SMILES string of the molecule is CC/C=C\C/C=C\C/C=C\C/C=C\C/C=C\C/C=C\C/C=C\CCCCCCCCCCCCCCCCCCCC(=O)OC(COC(=O)CCCCCCCCCCCCCCCCCCCCCCCCC/C=C\C/C=C\CCCCCCC)COP(=O)(O)OCCN. The average Bonchev–Trinajstić information content (AvgIpc) is 3.16. The number of nitrogens with two attached hydrogens (primary N) is 1. The molecule has 0 radical (unpaired) electrons. The summed E-state index contributed by atoms with van der Waals surface area (Å²) in [7, 11) is -4.40. The van der Waals surface area contributed by atoms with Crippen LogP contribution in [-0.4, -0.2) is 49.3 Å². The van der Waals surface area contributed by atoms with E-state index in [2.05, 4.69) is 123 Å². The number of ether oxygens (including phenoxy) is 2. The number of carbonyl (C=O) groups is 2. The molecule has 2 atom stereocenters. The normalized spacial score (nSPS) is 13.4. The minimum atomic E-state index is -4.40. The van der Waals surface area contributed by atoms with Gasteiger partial charge in [-0.25, -0.2) is 4.57 Å². The van der Waals surface area contributed by atoms with E-state index in [-0.39, 0.29) is 38.6 Å². The van der Waals surface area contributed by atoms with Crippen LogP contribution in [0.4, 0.5) is 0 Å². The second-order valence-electron chi connectivity index (χ2n) is 26.9. The van der Waals surface area contributed by atoms with Crippen molar-refractivity contribution in [2.45, 2.75) is 392 Å². The molecule has 95 heavy (non-hydrogen) atoms. The highest BCUT2D eigenvalue weighted by Gasteiger charge is 2.26. The van der Waals surface area contributed by atoms with Gasteiger partial charge >= 0.3 is 19.8 Å². The zero-order valence-corrected chi connectivity index (χ0v) is 63.0. The molecular formula is C85H152NO8P. The lowest BCUT2D eigenvalue weighted by molar-refractivity contribution is -0.161. The molecule has 0 spiro atoms. The summed E-state index contributed by atoms with van der Waals surface area (Å²) >= 11 is 0. The van der Waals surface area contributed by atoms with Gasteiger partial charge in [0.2, 0.25) is 0 Å². The third-order valence-corrected chi connectivity index (χ3v) is 18.6. The molecule has 10 heteroatoms. The molecule has 0 aliphatic heterocycles. The van der Waals surface area contributed by atoms with Gasteiger partial charge in [-0.15, -0.1) is 0 Å². The lowest BCUT2D eigenvalue weighted by Crippen LogP contribution is -2.29. The van der Waals surface area contributed by atoms with E-state index in [1.54, 1.807) is 0 Å². The van der Waals surface area contributed by atoms with Crippen molar-refractivity contribution in [3.8, 4) is 0 Å². The van der Waals surface area contributed by atoms with Gasteiger partial charge in [0.1, 0.15) is 6.61 Å². The zero-order valence-electron chi connectivity index (χ0n) is 62.1. The van der Waals surface area contributed by atoms with Crippen LogP contribution in [0.3, 0.4) is 0 Å². The van der Waals surface area contributed by atoms with Crippen LogP contribution >= 0.6 is 7.82 Å². The first-order valence-corrected chi connectivity index (χ1v) is 41.9. The monoisotopic (exact) mass is 1350 g/mol. The van der Waals surface area contributed by atoms with Crippen molar-refractivity contribution in [1.29, 1.82) is 0 Å². The summed E-state index contributed by atoms with van der Waals surface area (Å²) in [5.74, 6) is -0.811. The molecule has 2 unspecified atom stereocenters. The molecule has 9 nitrogen and oxygen atoms in total. The van der Waals surface area contributed by atoms with Crippen molar-refractivity contribution in [2.24, 2.45) is 5.73 Å². The van der Waals surface area contributed by atoms with Crippen LogP contribution in [0.2, 0.25) is 0 Å². The Bertz CT molecular complexity index is 1930. The van der Waals surface area contributed by atoms with Gasteiger partial charge in [0.25, 0.3) is 0 Å². The Morgan fingerprint density at radius 1 is 0.326 bits per heavy atom. The van der Waals surface area contributed by atoms with E-state index in [4.69, 9.17) is 24.3 Å². The molecule has 0 heterocycles. The van der Waals surface area contributed by atoms with Gasteiger partial charge in [0.05, 0.1) is 13.2 Å². The minimum absolute atomic E-state index is 0.0525. The molecular weight excluding hydrogens is 1190 g/mol. The first-order chi connectivity index (χ1) is 46.8. The van der Waals surface area contributed by atoms with Gasteiger partial charge in [0, 0.05) is 19.4 Å². The maximum atomic E-state index is 12.8. The van der Waals surface area contributed by atoms with Gasteiger partial charge in [-0.2, -0.15) is 0 Å². The van der Waals surface area contributed by atoms with Gasteiger partial charge in [-0.05, 0) is 103 Å². The largest absolute Gasteiger partial charge is 0.472 e. The first-order valence-electron chi connectivity index (χ1n) is 40.4. The third kappa shape index (κ3) is 79.5. The van der Waals surface area contributed by atoms with Crippen LogP contribution in [0.25, 0.3) is 0 Å². The fraction of sp³-hybridized carbons (Fsp3) is 0.765. The third-order valence-electron chi connectivity index (χ3n) is 17.6. The lowest BCUT2D eigenvalue weighted by atomic mass is 10.0. The zero-order chi connectivity index (χ0) is 68.6. The molecule has 0 aromatic heterocycles. The van der Waals surface area contributed by atoms with E-state index in [0.717, 1.165) is 89.9 Å². The smallest absolute Gasteiger partial charge is 0.462 e. The summed E-state index contributed by atoms with van der Waals surface area (Å²) in [6.45, 7) is 3.67. The lowest BCUT2D eigenvalue weighted by Gasteiger charge is -2.19. The second kappa shape index (κ2) is 79.7. The minimum Gasteiger partial charge on any atom is -0.462 e. The molecule has 0 bridgehead atoms. The van der Waals surface area contributed by atoms with Gasteiger partial charge in [-0.1, -0.05) is 380 Å². The summed E-state index contributed by atoms with van der Waals surface area (Å²) < 4.78 is 33.3. The Labute approximate surface area is 588 Å². The fourth-order valence-corrected chi connectivity index (χ4v) is 12.5. The number of phosphoric ester groups is 1. The number of allylic oxidation sites excluding steroid dienone is 18. The Hall–Kier alpha value is -3.33. The highest BCUT2D eigenvalue weighted by Crippen LogP contribution is 2.43. The standard InChI is InChI=1S/C85H152NO8P/c1-3-5-7-9-11-13-15-17-19-21-23-25-27-29-31-33-35-37-39-40-41-42-44-46-48-50-52-54-56-58-60-62-64-66-68-70-72-74-76-78-85(88)94-83(82-93-95(89,90)92-80-79-86)81-91-84(87)77-75-73-71-69-67-65-63-61-59-57-55-53-51-49-47-45-43-38-36-34-32-30-28-26-24-22-20-18-16-14-12-10-8-6-4-2/h5,7,11,13,16-19,22-25,29,31,35,37,40-41,83H,3-4,6,8-10,12,14-15,20-21,26-28,30,32-34,36,38-39,42-82,86H2,1-2H3,(H,89,90)/b7-5-,13-11-,18-16-,19-17-,24-22-,25-23-,31-29-,37-35-,41-40-. The number of unbranched alkanes of at least 4 members (excludes halogenated alkanes) is 45. The quantitative estimate of drug-likeness (QED) is 0.0264. The van der Waals surface area contributed by atoms with E-state index in [0.29, 0.717) is 6.42 Å². The molecule has 0 aromatic carbocycles. The Morgan fingerprint density at radius 3 is 0.863 bits per heavy atom. The molecule has 0 rings (SSSR count). The number of hydrogen-bond acceptors (Lipinski definition) is 8. The van der Waals surface area contributed by atoms with E-state index in [1.165, 1.54) is 263 Å². The van der Waals surface area contributed by atoms with E-state index >= 15 is 0 Å².